The van der Waals surface area contributed by atoms with Crippen LogP contribution < -0.4 is 5.32 Å². The fraction of sp³-hybridized carbons (Fsp3) is 0.646. The normalized spacial score (nSPS) is 34.7. The molecule has 6 aliphatic rings. The highest BCUT2D eigenvalue weighted by Crippen LogP contribution is 2.66. The first kappa shape index (κ1) is 48.3. The zero-order valence-electron chi connectivity index (χ0n) is 38.7. The molecule has 0 unspecified atom stereocenters. The molecule has 2 saturated carbocycles. The van der Waals surface area contributed by atoms with Gasteiger partial charge in [0.1, 0.15) is 41.7 Å². The van der Waals surface area contributed by atoms with Gasteiger partial charge in [-0.1, -0.05) is 50.6 Å². The summed E-state index contributed by atoms with van der Waals surface area (Å²) < 4.78 is 50.8. The van der Waals surface area contributed by atoms with Crippen molar-refractivity contribution in [3.63, 3.8) is 0 Å². The fourth-order valence-electron chi connectivity index (χ4n) is 11.4. The average molecular weight is 940 g/mol. The maximum atomic E-state index is 14.5. The first-order chi connectivity index (χ1) is 31.1. The number of rotatable bonds is 10. The molecule has 0 spiro atoms. The molecule has 4 heterocycles. The van der Waals surface area contributed by atoms with Gasteiger partial charge >= 0.3 is 24.0 Å². The van der Waals surface area contributed by atoms with E-state index in [1.807, 2.05) is 20.8 Å². The Balaban J connectivity index is 1.26. The first-order valence-corrected chi connectivity index (χ1v) is 23.1. The largest absolute Gasteiger partial charge is 0.456 e. The summed E-state index contributed by atoms with van der Waals surface area (Å²) in [7, 11) is 0. The lowest BCUT2D eigenvalue weighted by molar-refractivity contribution is -0.345. The molecule has 3 aliphatic carbocycles. The van der Waals surface area contributed by atoms with Crippen LogP contribution in [0.15, 0.2) is 59.8 Å². The number of fused-ring (bicyclic) bond motifs is 8. The third kappa shape index (κ3) is 8.74. The second-order valence-corrected chi connectivity index (χ2v) is 20.7. The monoisotopic (exact) mass is 939 g/mol. The number of nitrogens with zero attached hydrogens (tertiary/aromatic N) is 2. The van der Waals surface area contributed by atoms with Crippen LogP contribution in [0.4, 0.5) is 4.79 Å². The van der Waals surface area contributed by atoms with Gasteiger partial charge in [0, 0.05) is 50.0 Å². The number of amides is 1. The number of carbonyl (C=O) groups excluding carboxylic acids is 4. The van der Waals surface area contributed by atoms with Gasteiger partial charge in [0.25, 0.3) is 0 Å². The van der Waals surface area contributed by atoms with Crippen molar-refractivity contribution in [1.29, 1.82) is 0 Å². The molecule has 18 heteroatoms. The van der Waals surface area contributed by atoms with Crippen molar-refractivity contribution in [2.45, 2.75) is 140 Å². The highest BCUT2D eigenvalue weighted by molar-refractivity contribution is 6.30. The number of aromatic nitrogens is 1. The van der Waals surface area contributed by atoms with Gasteiger partial charge in [0.2, 0.25) is 0 Å². The predicted octanol–water partition coefficient (Wildman–Crippen LogP) is 4.85. The molecular formula is C48H62ClN3O14. The molecule has 3 N–H and O–H groups in total. The maximum Gasteiger partial charge on any atom is 0.408 e. The van der Waals surface area contributed by atoms with Gasteiger partial charge in [-0.2, -0.15) is 0 Å². The van der Waals surface area contributed by atoms with Crippen molar-refractivity contribution in [2.75, 3.05) is 39.5 Å². The number of nitrogens with one attached hydrogen (secondary N) is 1. The molecule has 1 amide bonds. The molecule has 3 saturated heterocycles. The molecule has 12 atom stereocenters. The molecule has 8 rings (SSSR count). The zero-order chi connectivity index (χ0) is 47.6. The fourth-order valence-corrected chi connectivity index (χ4v) is 11.5. The molecule has 1 aromatic carbocycles. The highest BCUT2D eigenvalue weighted by atomic mass is 35.5. The van der Waals surface area contributed by atoms with Crippen LogP contribution in [-0.4, -0.2) is 143 Å². The Labute approximate surface area is 389 Å². The molecule has 2 aromatic rings. The van der Waals surface area contributed by atoms with Gasteiger partial charge in [0.05, 0.1) is 48.1 Å². The van der Waals surface area contributed by atoms with E-state index in [1.54, 1.807) is 58.0 Å². The van der Waals surface area contributed by atoms with Crippen molar-refractivity contribution < 1.29 is 67.3 Å². The molecular weight excluding hydrogens is 878 g/mol. The molecule has 360 valence electrons. The van der Waals surface area contributed by atoms with Gasteiger partial charge < -0.3 is 53.4 Å². The van der Waals surface area contributed by atoms with E-state index in [9.17, 15) is 29.4 Å². The molecule has 1 aromatic heterocycles. The van der Waals surface area contributed by atoms with Gasteiger partial charge in [-0.05, 0) is 75.9 Å². The number of halogens is 1. The van der Waals surface area contributed by atoms with E-state index in [2.05, 4.69) is 15.2 Å². The van der Waals surface area contributed by atoms with Crippen LogP contribution in [-0.2, 0) is 47.5 Å². The first-order valence-electron chi connectivity index (χ1n) is 22.7. The number of hydrogen-bond acceptors (Lipinski definition) is 16. The van der Waals surface area contributed by atoms with E-state index in [0.717, 1.165) is 0 Å². The number of aliphatic hydroxyl groups is 2. The van der Waals surface area contributed by atoms with E-state index in [1.165, 1.54) is 25.3 Å². The predicted molar refractivity (Wildman–Crippen MR) is 235 cm³/mol. The smallest absolute Gasteiger partial charge is 0.408 e. The molecule has 5 fully saturated rings. The van der Waals surface area contributed by atoms with Gasteiger partial charge in [-0.25, -0.2) is 14.4 Å². The minimum absolute atomic E-state index is 0.0417. The Morgan fingerprint density at radius 1 is 1.03 bits per heavy atom. The van der Waals surface area contributed by atoms with Gasteiger partial charge in [0.15, 0.2) is 18.0 Å². The lowest BCUT2D eigenvalue weighted by Gasteiger charge is -2.68. The SMILES string of the molecule is CC(=O)O[C@@]12CO[C@@H]1CC[C@@]1(C)[C@@H]3O[C@H](CN4CCOCC4)O[C@@H]3C3=C(C)[C@@H](OC(=O)[C@H](O)[C@@H](NC(=O)OC(C)(C)C)c4ccc(Cl)cn4)C[C@@](O)([C@@H](OC(=O)c4ccccc4)[C@@H]12)C3(C)C. The lowest BCUT2D eigenvalue weighted by atomic mass is 9.45. The summed E-state index contributed by atoms with van der Waals surface area (Å²) >= 11 is 6.14. The van der Waals surface area contributed by atoms with E-state index in [0.29, 0.717) is 56.8 Å². The maximum absolute atomic E-state index is 14.5. The molecule has 0 radical (unpaired) electrons. The third-order valence-corrected chi connectivity index (χ3v) is 14.8. The topological polar surface area (TPSA) is 211 Å². The number of hydrogen-bond donors (Lipinski definition) is 3. The van der Waals surface area contributed by atoms with Crippen LogP contribution in [0, 0.1) is 16.7 Å². The quantitative estimate of drug-likeness (QED) is 0.165. The Hall–Kier alpha value is -4.20. The van der Waals surface area contributed by atoms with Crippen LogP contribution in [0.2, 0.25) is 5.02 Å². The summed E-state index contributed by atoms with van der Waals surface area (Å²) in [6, 6.07) is 9.87. The van der Waals surface area contributed by atoms with Crippen LogP contribution in [0.1, 0.15) is 96.7 Å². The summed E-state index contributed by atoms with van der Waals surface area (Å²) in [6.45, 7) is 16.6. The van der Waals surface area contributed by atoms with Crippen molar-refractivity contribution in [3.05, 3.63) is 76.1 Å². The Kier molecular flexibility index (Phi) is 13.2. The van der Waals surface area contributed by atoms with E-state index in [-0.39, 0.29) is 29.3 Å². The average Bonchev–Trinajstić information content (AvgIpc) is 3.66. The van der Waals surface area contributed by atoms with Crippen molar-refractivity contribution >= 4 is 35.6 Å². The van der Waals surface area contributed by atoms with Crippen molar-refractivity contribution in [1.82, 2.24) is 15.2 Å². The number of morpholine rings is 1. The summed E-state index contributed by atoms with van der Waals surface area (Å²) in [5.41, 5.74) is -5.31. The Bertz CT molecular complexity index is 2200. The highest BCUT2D eigenvalue weighted by Gasteiger charge is 2.77. The number of benzene rings is 1. The number of esters is 3. The number of pyridine rings is 1. The molecule has 17 nitrogen and oxygen atoms in total. The zero-order valence-corrected chi connectivity index (χ0v) is 39.5. The number of alkyl carbamates (subject to hydrolysis) is 1. The van der Waals surface area contributed by atoms with Crippen molar-refractivity contribution in [3.8, 4) is 0 Å². The number of aliphatic hydroxyl groups excluding tert-OH is 1. The minimum atomic E-state index is -2.10. The second-order valence-electron chi connectivity index (χ2n) is 20.3. The molecule has 3 aliphatic heterocycles. The number of ether oxygens (including phenoxy) is 8. The minimum Gasteiger partial charge on any atom is -0.456 e. The summed E-state index contributed by atoms with van der Waals surface area (Å²) in [5.74, 6) is -3.44. The standard InChI is InChI=1S/C48H62ClN3O14/c1-26-31(61-42(56)36(54)35(30-15-14-29(49)23-50-30)51-43(57)66-44(3,4)5)22-48(58)40(64-41(55)28-12-10-9-11-13-28)38-46(8,17-16-32-47(38,25-60-32)65-27(2)53)39-37(34(26)45(48,6)7)62-33(63-39)24-52-18-20-59-21-19-52/h9-15,23,31-33,35-40,54,58H,16-22,24-25H2,1-8H3,(H,51,57)/t31-,32+,33+,35-,36+,37+,38-,39+,40-,46+,47-,48+/m0/s1. The summed E-state index contributed by atoms with van der Waals surface area (Å²) in [5, 5.41) is 28.7. The third-order valence-electron chi connectivity index (χ3n) is 14.6. The second kappa shape index (κ2) is 18.0. The summed E-state index contributed by atoms with van der Waals surface area (Å²) in [4.78, 5) is 61.9. The molecule has 66 heavy (non-hydrogen) atoms. The summed E-state index contributed by atoms with van der Waals surface area (Å²) in [6.07, 6.45) is -6.80. The van der Waals surface area contributed by atoms with Crippen LogP contribution in [0.25, 0.3) is 0 Å². The van der Waals surface area contributed by atoms with Crippen LogP contribution in [0.3, 0.4) is 0 Å². The molecule has 2 bridgehead atoms. The lowest BCUT2D eigenvalue weighted by Crippen LogP contribution is -2.79. The van der Waals surface area contributed by atoms with E-state index < -0.39 is 107 Å². The van der Waals surface area contributed by atoms with Crippen LogP contribution in [0.5, 0.6) is 0 Å². The number of carbonyl (C=O) groups is 4. The van der Waals surface area contributed by atoms with Crippen molar-refractivity contribution in [2.24, 2.45) is 16.7 Å². The van der Waals surface area contributed by atoms with Crippen LogP contribution >= 0.6 is 11.6 Å². The Morgan fingerprint density at radius 2 is 1.74 bits per heavy atom. The van der Waals surface area contributed by atoms with Gasteiger partial charge in [-0.15, -0.1) is 0 Å². The van der Waals surface area contributed by atoms with E-state index >= 15 is 0 Å². The Morgan fingerprint density at radius 3 is 2.36 bits per heavy atom. The van der Waals surface area contributed by atoms with Gasteiger partial charge in [-0.3, -0.25) is 14.7 Å². The van der Waals surface area contributed by atoms with E-state index in [4.69, 9.17) is 49.5 Å².